The van der Waals surface area contributed by atoms with Crippen LogP contribution in [0.5, 0.6) is 0 Å². The Bertz CT molecular complexity index is 364. The largest absolute Gasteiger partial charge is 0.310 e. The van der Waals surface area contributed by atoms with Gasteiger partial charge in [0, 0.05) is 10.5 Å². The van der Waals surface area contributed by atoms with Gasteiger partial charge < -0.3 is 5.32 Å². The molecule has 0 bridgehead atoms. The molecular weight excluding hydrogens is 293 g/mol. The zero-order chi connectivity index (χ0) is 13.5. The van der Waals surface area contributed by atoms with Crippen molar-refractivity contribution in [3.63, 3.8) is 0 Å². The van der Waals surface area contributed by atoms with Gasteiger partial charge in [0.1, 0.15) is 5.82 Å². The zero-order valence-corrected chi connectivity index (χ0v) is 13.1. The van der Waals surface area contributed by atoms with Gasteiger partial charge in [-0.1, -0.05) is 55.6 Å². The van der Waals surface area contributed by atoms with Gasteiger partial charge in [-0.3, -0.25) is 0 Å². The van der Waals surface area contributed by atoms with Gasteiger partial charge in [0.2, 0.25) is 0 Å². The maximum absolute atomic E-state index is 13.2. The van der Waals surface area contributed by atoms with Gasteiger partial charge in [-0.25, -0.2) is 4.39 Å². The molecule has 1 rings (SSSR count). The first-order valence-corrected chi connectivity index (χ1v) is 7.61. The molecule has 1 unspecified atom stereocenters. The van der Waals surface area contributed by atoms with Crippen molar-refractivity contribution >= 4 is 15.9 Å². The Morgan fingerprint density at radius 1 is 1.22 bits per heavy atom. The lowest BCUT2D eigenvalue weighted by atomic mass is 9.88. The average molecular weight is 316 g/mol. The Morgan fingerprint density at radius 3 is 2.39 bits per heavy atom. The molecule has 18 heavy (non-hydrogen) atoms. The smallest absolute Gasteiger partial charge is 0.124 e. The van der Waals surface area contributed by atoms with E-state index in [1.165, 1.54) is 5.56 Å². The Kier molecular flexibility index (Phi) is 6.87. The monoisotopic (exact) mass is 315 g/mol. The Balaban J connectivity index is 3.00. The predicted molar refractivity (Wildman–Crippen MR) is 79.2 cm³/mol. The highest BCUT2D eigenvalue weighted by Crippen LogP contribution is 2.32. The van der Waals surface area contributed by atoms with Crippen LogP contribution in [0.1, 0.15) is 51.6 Å². The molecule has 0 aliphatic heterocycles. The van der Waals surface area contributed by atoms with Crippen LogP contribution in [-0.2, 0) is 0 Å². The van der Waals surface area contributed by atoms with Crippen LogP contribution in [0.15, 0.2) is 22.7 Å². The van der Waals surface area contributed by atoms with Crippen molar-refractivity contribution in [1.82, 2.24) is 5.32 Å². The van der Waals surface area contributed by atoms with Gasteiger partial charge >= 0.3 is 0 Å². The van der Waals surface area contributed by atoms with E-state index in [4.69, 9.17) is 0 Å². The molecule has 0 heterocycles. The fourth-order valence-electron chi connectivity index (χ4n) is 2.34. The van der Waals surface area contributed by atoms with Crippen molar-refractivity contribution in [2.24, 2.45) is 5.92 Å². The summed E-state index contributed by atoms with van der Waals surface area (Å²) < 4.78 is 14.0. The minimum Gasteiger partial charge on any atom is -0.310 e. The normalized spacial score (nSPS) is 13.0. The van der Waals surface area contributed by atoms with E-state index in [-0.39, 0.29) is 5.82 Å². The van der Waals surface area contributed by atoms with Crippen LogP contribution in [0.25, 0.3) is 0 Å². The molecule has 1 N–H and O–H groups in total. The molecule has 1 nitrogen and oxygen atoms in total. The summed E-state index contributed by atoms with van der Waals surface area (Å²) in [6.45, 7) is 7.58. The topological polar surface area (TPSA) is 12.0 Å². The molecule has 1 atom stereocenters. The van der Waals surface area contributed by atoms with Crippen molar-refractivity contribution in [2.75, 3.05) is 6.54 Å². The molecule has 0 saturated carbocycles. The third-order valence-corrected chi connectivity index (χ3v) is 4.12. The summed E-state index contributed by atoms with van der Waals surface area (Å²) in [5.41, 5.74) is 1.17. The second kappa shape index (κ2) is 7.90. The molecule has 1 aromatic carbocycles. The summed E-state index contributed by atoms with van der Waals surface area (Å²) in [4.78, 5) is 0. The van der Waals surface area contributed by atoms with Crippen molar-refractivity contribution in [3.05, 3.63) is 34.1 Å². The number of benzene rings is 1. The minimum absolute atomic E-state index is 0.190. The van der Waals surface area contributed by atoms with Crippen LogP contribution < -0.4 is 5.32 Å². The third-order valence-electron chi connectivity index (χ3n) is 3.43. The first-order chi connectivity index (χ1) is 8.63. The minimum atomic E-state index is -0.190. The molecule has 0 aliphatic rings. The van der Waals surface area contributed by atoms with E-state index >= 15 is 0 Å². The van der Waals surface area contributed by atoms with Gasteiger partial charge in [-0.2, -0.15) is 0 Å². The van der Waals surface area contributed by atoms with E-state index < -0.39 is 0 Å². The molecular formula is C15H23BrFN. The number of hydrogen-bond acceptors (Lipinski definition) is 1. The molecule has 1 aromatic rings. The number of hydrogen-bond donors (Lipinski definition) is 1. The molecule has 0 radical (unpaired) electrons. The molecule has 0 amide bonds. The van der Waals surface area contributed by atoms with E-state index in [2.05, 4.69) is 42.0 Å². The molecule has 3 heteroatoms. The first-order valence-electron chi connectivity index (χ1n) is 6.82. The van der Waals surface area contributed by atoms with Crippen LogP contribution in [-0.4, -0.2) is 6.54 Å². The molecule has 0 saturated heterocycles. The summed E-state index contributed by atoms with van der Waals surface area (Å²) in [5, 5.41) is 3.60. The zero-order valence-electron chi connectivity index (χ0n) is 11.5. The van der Waals surface area contributed by atoms with Crippen molar-refractivity contribution in [2.45, 2.75) is 46.1 Å². The Hall–Kier alpha value is -0.410. The molecule has 102 valence electrons. The van der Waals surface area contributed by atoms with Crippen molar-refractivity contribution < 1.29 is 4.39 Å². The second-order valence-corrected chi connectivity index (χ2v) is 5.53. The lowest BCUT2D eigenvalue weighted by Crippen LogP contribution is -2.29. The van der Waals surface area contributed by atoms with E-state index in [0.29, 0.717) is 12.0 Å². The molecule has 0 fully saturated rings. The fraction of sp³-hybridized carbons (Fsp3) is 0.600. The summed E-state index contributed by atoms with van der Waals surface area (Å²) >= 11 is 3.49. The maximum Gasteiger partial charge on any atom is 0.124 e. The highest BCUT2D eigenvalue weighted by molar-refractivity contribution is 9.10. The average Bonchev–Trinajstić information content (AvgIpc) is 2.35. The Labute approximate surface area is 118 Å². The fourth-order valence-corrected chi connectivity index (χ4v) is 2.94. The lowest BCUT2D eigenvalue weighted by molar-refractivity contribution is 0.340. The summed E-state index contributed by atoms with van der Waals surface area (Å²) in [6.07, 6.45) is 3.36. The summed E-state index contributed by atoms with van der Waals surface area (Å²) in [5.74, 6) is 0.391. The van der Waals surface area contributed by atoms with Crippen LogP contribution >= 0.6 is 15.9 Å². The third kappa shape index (κ3) is 4.06. The molecule has 0 spiro atoms. The van der Waals surface area contributed by atoms with E-state index in [1.807, 2.05) is 6.07 Å². The van der Waals surface area contributed by atoms with Gasteiger partial charge in [0.05, 0.1) is 0 Å². The van der Waals surface area contributed by atoms with Crippen LogP contribution in [0.4, 0.5) is 4.39 Å². The highest BCUT2D eigenvalue weighted by atomic mass is 79.9. The van der Waals surface area contributed by atoms with Crippen LogP contribution in [0, 0.1) is 11.7 Å². The molecule has 0 aliphatic carbocycles. The Morgan fingerprint density at radius 2 is 1.89 bits per heavy atom. The maximum atomic E-state index is 13.2. The SMILES string of the molecule is CCCNC(c1ccc(F)cc1Br)C(CC)CC. The van der Waals surface area contributed by atoms with E-state index in [9.17, 15) is 4.39 Å². The van der Waals surface area contributed by atoms with Gasteiger partial charge in [-0.15, -0.1) is 0 Å². The quantitative estimate of drug-likeness (QED) is 0.741. The number of nitrogens with one attached hydrogen (secondary N) is 1. The number of halogens is 2. The van der Waals surface area contributed by atoms with Gasteiger partial charge in [0.25, 0.3) is 0 Å². The van der Waals surface area contributed by atoms with Crippen molar-refractivity contribution in [1.29, 1.82) is 0 Å². The first kappa shape index (κ1) is 15.6. The summed E-state index contributed by atoms with van der Waals surface area (Å²) in [6, 6.07) is 5.29. The van der Waals surface area contributed by atoms with E-state index in [1.54, 1.807) is 12.1 Å². The van der Waals surface area contributed by atoms with Crippen LogP contribution in [0.2, 0.25) is 0 Å². The summed E-state index contributed by atoms with van der Waals surface area (Å²) in [7, 11) is 0. The van der Waals surface area contributed by atoms with Crippen molar-refractivity contribution in [3.8, 4) is 0 Å². The van der Waals surface area contributed by atoms with Crippen LogP contribution in [0.3, 0.4) is 0 Å². The standard InChI is InChI=1S/C15H23BrFN/c1-4-9-18-15(11(5-2)6-3)13-8-7-12(17)10-14(13)16/h7-8,10-11,15,18H,4-6,9H2,1-3H3. The predicted octanol–water partition coefficient (Wildman–Crippen LogP) is 5.07. The number of rotatable bonds is 7. The van der Waals surface area contributed by atoms with E-state index in [0.717, 1.165) is 30.3 Å². The molecule has 0 aromatic heterocycles. The van der Waals surface area contributed by atoms with Gasteiger partial charge in [-0.05, 0) is 36.6 Å². The van der Waals surface area contributed by atoms with Gasteiger partial charge in [0.15, 0.2) is 0 Å². The highest BCUT2D eigenvalue weighted by Gasteiger charge is 2.21. The second-order valence-electron chi connectivity index (χ2n) is 4.67. The lowest BCUT2D eigenvalue weighted by Gasteiger charge is -2.28.